The van der Waals surface area contributed by atoms with Gasteiger partial charge in [-0.05, 0) is 25.1 Å². The molecule has 0 fully saturated rings. The highest BCUT2D eigenvalue weighted by Gasteiger charge is 2.16. The second kappa shape index (κ2) is 5.66. The van der Waals surface area contributed by atoms with Gasteiger partial charge in [-0.1, -0.05) is 0 Å². The molecule has 1 aromatic heterocycles. The zero-order valence-corrected chi connectivity index (χ0v) is 11.7. The van der Waals surface area contributed by atoms with Gasteiger partial charge in [0.15, 0.2) is 0 Å². The van der Waals surface area contributed by atoms with E-state index in [2.05, 4.69) is 4.98 Å². The maximum Gasteiger partial charge on any atom is 0.236 e. The molecule has 0 atom stereocenters. The summed E-state index contributed by atoms with van der Waals surface area (Å²) in [5.74, 6) is -1.10. The molecule has 0 spiro atoms. The number of amides is 2. The number of primary amides is 2. The fraction of sp³-hybridized carbons (Fsp3) is 0.214. The van der Waals surface area contributed by atoms with Crippen LogP contribution in [-0.4, -0.2) is 29.9 Å². The van der Waals surface area contributed by atoms with Crippen LogP contribution in [0.4, 0.5) is 11.4 Å². The predicted molar refractivity (Wildman–Crippen MR) is 81.5 cm³/mol. The van der Waals surface area contributed by atoms with Crippen molar-refractivity contribution in [1.82, 2.24) is 4.98 Å². The summed E-state index contributed by atoms with van der Waals surface area (Å²) in [4.78, 5) is 28.2. The van der Waals surface area contributed by atoms with Crippen molar-refractivity contribution >= 4 is 34.0 Å². The molecule has 7 nitrogen and oxygen atoms in total. The Morgan fingerprint density at radius 3 is 2.33 bits per heavy atom. The Hall–Kier alpha value is -2.83. The molecule has 21 heavy (non-hydrogen) atoms. The van der Waals surface area contributed by atoms with Crippen LogP contribution in [0.1, 0.15) is 5.69 Å². The third-order valence-electron chi connectivity index (χ3n) is 3.08. The summed E-state index contributed by atoms with van der Waals surface area (Å²) in [7, 11) is 0. The van der Waals surface area contributed by atoms with E-state index >= 15 is 0 Å². The Morgan fingerprint density at radius 2 is 1.76 bits per heavy atom. The molecule has 0 aliphatic carbocycles. The van der Waals surface area contributed by atoms with Crippen LogP contribution in [0.3, 0.4) is 0 Å². The molecule has 110 valence electrons. The van der Waals surface area contributed by atoms with Crippen LogP contribution in [-0.2, 0) is 9.59 Å². The topological polar surface area (TPSA) is 128 Å². The van der Waals surface area contributed by atoms with Gasteiger partial charge in [-0.3, -0.25) is 14.6 Å². The van der Waals surface area contributed by atoms with Crippen molar-refractivity contribution in [2.45, 2.75) is 6.92 Å². The Labute approximate surface area is 121 Å². The SMILES string of the molecule is Cc1cc2c(N(CC(N)=O)CC(N)=O)ccc(N)c2cn1. The Kier molecular flexibility index (Phi) is 3.93. The molecule has 7 heteroatoms. The summed E-state index contributed by atoms with van der Waals surface area (Å²) in [5, 5.41) is 1.54. The van der Waals surface area contributed by atoms with Crippen molar-refractivity contribution in [2.75, 3.05) is 23.7 Å². The average Bonchev–Trinajstić information content (AvgIpc) is 2.37. The van der Waals surface area contributed by atoms with E-state index in [9.17, 15) is 9.59 Å². The highest BCUT2D eigenvalue weighted by Crippen LogP contribution is 2.30. The number of nitrogens with two attached hydrogens (primary N) is 3. The summed E-state index contributed by atoms with van der Waals surface area (Å²) in [6.07, 6.45) is 1.66. The standard InChI is InChI=1S/C14H17N5O2/c1-8-4-9-10(5-18-8)11(15)2-3-12(9)19(6-13(16)20)7-14(17)21/h2-5H,6-7,15H2,1H3,(H2,16,20)(H2,17,21). The number of rotatable bonds is 5. The van der Waals surface area contributed by atoms with Crippen LogP contribution in [0.15, 0.2) is 24.4 Å². The molecular formula is C14H17N5O2. The van der Waals surface area contributed by atoms with Crippen molar-refractivity contribution in [3.05, 3.63) is 30.1 Å². The number of hydrogen-bond acceptors (Lipinski definition) is 5. The molecule has 2 amide bonds. The van der Waals surface area contributed by atoms with Gasteiger partial charge in [-0.25, -0.2) is 0 Å². The van der Waals surface area contributed by atoms with Gasteiger partial charge >= 0.3 is 0 Å². The van der Waals surface area contributed by atoms with E-state index in [-0.39, 0.29) is 13.1 Å². The molecule has 2 aromatic rings. The maximum absolute atomic E-state index is 11.2. The molecular weight excluding hydrogens is 270 g/mol. The normalized spacial score (nSPS) is 10.5. The van der Waals surface area contributed by atoms with Gasteiger partial charge < -0.3 is 22.1 Å². The van der Waals surface area contributed by atoms with Crippen LogP contribution in [0.5, 0.6) is 0 Å². The first kappa shape index (κ1) is 14.6. The van der Waals surface area contributed by atoms with Crippen LogP contribution in [0.25, 0.3) is 10.8 Å². The van der Waals surface area contributed by atoms with E-state index in [1.54, 1.807) is 18.3 Å². The van der Waals surface area contributed by atoms with E-state index in [1.165, 1.54) is 4.90 Å². The summed E-state index contributed by atoms with van der Waals surface area (Å²) in [6, 6.07) is 5.28. The van der Waals surface area contributed by atoms with Crippen LogP contribution >= 0.6 is 0 Å². The first-order valence-electron chi connectivity index (χ1n) is 6.35. The molecule has 6 N–H and O–H groups in total. The van der Waals surface area contributed by atoms with E-state index < -0.39 is 11.8 Å². The van der Waals surface area contributed by atoms with Crippen LogP contribution in [0, 0.1) is 6.92 Å². The minimum absolute atomic E-state index is 0.108. The van der Waals surface area contributed by atoms with Crippen LogP contribution in [0.2, 0.25) is 0 Å². The lowest BCUT2D eigenvalue weighted by Gasteiger charge is -2.24. The summed E-state index contributed by atoms with van der Waals surface area (Å²) in [6.45, 7) is 1.63. The fourth-order valence-electron chi connectivity index (χ4n) is 2.23. The van der Waals surface area contributed by atoms with Gasteiger partial charge in [0.25, 0.3) is 0 Å². The predicted octanol–water partition coefficient (Wildman–Crippen LogP) is -0.0976. The minimum atomic E-state index is -0.549. The Morgan fingerprint density at radius 1 is 1.14 bits per heavy atom. The van der Waals surface area contributed by atoms with Gasteiger partial charge in [0.1, 0.15) is 0 Å². The van der Waals surface area contributed by atoms with Gasteiger partial charge in [0.2, 0.25) is 11.8 Å². The zero-order chi connectivity index (χ0) is 15.6. The molecule has 1 heterocycles. The number of nitrogens with zero attached hydrogens (tertiary/aromatic N) is 2. The largest absolute Gasteiger partial charge is 0.398 e. The molecule has 0 radical (unpaired) electrons. The third-order valence-corrected chi connectivity index (χ3v) is 3.08. The van der Waals surface area contributed by atoms with Gasteiger partial charge in [-0.2, -0.15) is 0 Å². The fourth-order valence-corrected chi connectivity index (χ4v) is 2.23. The second-order valence-corrected chi connectivity index (χ2v) is 4.83. The van der Waals surface area contributed by atoms with Crippen molar-refractivity contribution in [3.63, 3.8) is 0 Å². The van der Waals surface area contributed by atoms with E-state index in [4.69, 9.17) is 17.2 Å². The number of carbonyl (C=O) groups is 2. The van der Waals surface area contributed by atoms with Gasteiger partial charge in [0.05, 0.1) is 13.1 Å². The van der Waals surface area contributed by atoms with Crippen LogP contribution < -0.4 is 22.1 Å². The number of nitrogen functional groups attached to an aromatic ring is 1. The quantitative estimate of drug-likeness (QED) is 0.661. The summed E-state index contributed by atoms with van der Waals surface area (Å²) >= 11 is 0. The van der Waals surface area contributed by atoms with E-state index in [1.807, 2.05) is 13.0 Å². The number of carbonyl (C=O) groups excluding carboxylic acids is 2. The molecule has 2 rings (SSSR count). The van der Waals surface area contributed by atoms with Crippen molar-refractivity contribution < 1.29 is 9.59 Å². The monoisotopic (exact) mass is 287 g/mol. The lowest BCUT2D eigenvalue weighted by molar-refractivity contribution is -0.117. The minimum Gasteiger partial charge on any atom is -0.398 e. The van der Waals surface area contributed by atoms with Crippen molar-refractivity contribution in [3.8, 4) is 0 Å². The molecule has 0 bridgehead atoms. The first-order chi connectivity index (χ1) is 9.88. The number of pyridine rings is 1. The van der Waals surface area contributed by atoms with Crippen molar-refractivity contribution in [2.24, 2.45) is 11.5 Å². The number of aromatic nitrogens is 1. The third kappa shape index (κ3) is 3.19. The Balaban J connectivity index is 2.61. The van der Waals surface area contributed by atoms with Gasteiger partial charge in [-0.15, -0.1) is 0 Å². The zero-order valence-electron chi connectivity index (χ0n) is 11.7. The maximum atomic E-state index is 11.2. The highest BCUT2D eigenvalue weighted by molar-refractivity contribution is 6.02. The highest BCUT2D eigenvalue weighted by atomic mass is 16.2. The second-order valence-electron chi connectivity index (χ2n) is 4.83. The molecule has 0 aliphatic rings. The molecule has 0 saturated heterocycles. The number of fused-ring (bicyclic) bond motifs is 1. The lowest BCUT2D eigenvalue weighted by Crippen LogP contribution is -2.39. The first-order valence-corrected chi connectivity index (χ1v) is 6.35. The van der Waals surface area contributed by atoms with Crippen molar-refractivity contribution in [1.29, 1.82) is 0 Å². The molecule has 0 saturated carbocycles. The average molecular weight is 287 g/mol. The molecule has 1 aromatic carbocycles. The Bertz CT molecular complexity index is 698. The van der Waals surface area contributed by atoms with Gasteiger partial charge in [0, 0.05) is 34.0 Å². The van der Waals surface area contributed by atoms with E-state index in [0.717, 1.165) is 16.5 Å². The summed E-state index contributed by atoms with van der Waals surface area (Å²) < 4.78 is 0. The molecule has 0 unspecified atom stereocenters. The number of hydrogen-bond donors (Lipinski definition) is 3. The lowest BCUT2D eigenvalue weighted by atomic mass is 10.1. The summed E-state index contributed by atoms with van der Waals surface area (Å²) in [5.41, 5.74) is 18.5. The number of benzene rings is 1. The number of anilines is 2. The van der Waals surface area contributed by atoms with E-state index in [0.29, 0.717) is 11.4 Å². The number of aryl methyl sites for hydroxylation is 1. The smallest absolute Gasteiger partial charge is 0.236 e. The molecule has 0 aliphatic heterocycles.